The highest BCUT2D eigenvalue weighted by molar-refractivity contribution is 7.92. The highest BCUT2D eigenvalue weighted by Crippen LogP contribution is 2.25. The third-order valence-corrected chi connectivity index (χ3v) is 6.94. The summed E-state index contributed by atoms with van der Waals surface area (Å²) in [5.41, 5.74) is 4.08. The number of amides is 2. The van der Waals surface area contributed by atoms with Crippen LogP contribution in [0.5, 0.6) is 0 Å². The molecule has 2 amide bonds. The average molecular weight is 488 g/mol. The number of sulfonamides is 1. The van der Waals surface area contributed by atoms with Crippen LogP contribution in [0.1, 0.15) is 43.0 Å². The van der Waals surface area contributed by atoms with Crippen molar-refractivity contribution in [3.05, 3.63) is 64.7 Å². The number of benzene rings is 2. The molecule has 0 aliphatic rings. The highest BCUT2D eigenvalue weighted by Gasteiger charge is 2.30. The van der Waals surface area contributed by atoms with Crippen LogP contribution >= 0.6 is 0 Å². The predicted octanol–water partition coefficient (Wildman–Crippen LogP) is 3.57. The van der Waals surface area contributed by atoms with Crippen LogP contribution in [-0.4, -0.2) is 50.5 Å². The molecule has 0 heterocycles. The van der Waals surface area contributed by atoms with E-state index >= 15 is 0 Å². The van der Waals surface area contributed by atoms with Crippen molar-refractivity contribution in [2.45, 2.75) is 54.1 Å². The van der Waals surface area contributed by atoms with Gasteiger partial charge in [0.1, 0.15) is 12.6 Å². The van der Waals surface area contributed by atoms with Gasteiger partial charge in [-0.3, -0.25) is 13.9 Å². The second-order valence-corrected chi connectivity index (χ2v) is 11.2. The molecule has 0 bridgehead atoms. The topological polar surface area (TPSA) is 86.8 Å². The summed E-state index contributed by atoms with van der Waals surface area (Å²) >= 11 is 0. The average Bonchev–Trinajstić information content (AvgIpc) is 2.75. The van der Waals surface area contributed by atoms with E-state index in [-0.39, 0.29) is 18.4 Å². The molecular formula is C26H37N3O4S. The van der Waals surface area contributed by atoms with Crippen LogP contribution in [0.25, 0.3) is 0 Å². The number of carbonyl (C=O) groups excluding carboxylic acids is 2. The van der Waals surface area contributed by atoms with Gasteiger partial charge < -0.3 is 10.2 Å². The Morgan fingerprint density at radius 2 is 1.65 bits per heavy atom. The number of nitrogens with zero attached hydrogens (tertiary/aromatic N) is 2. The van der Waals surface area contributed by atoms with Crippen molar-refractivity contribution in [3.63, 3.8) is 0 Å². The summed E-state index contributed by atoms with van der Waals surface area (Å²) in [6, 6.07) is 12.3. The Morgan fingerprint density at radius 3 is 2.24 bits per heavy atom. The summed E-state index contributed by atoms with van der Waals surface area (Å²) in [5, 5.41) is 2.88. The molecule has 0 fully saturated rings. The second-order valence-electron chi connectivity index (χ2n) is 9.31. The van der Waals surface area contributed by atoms with Crippen LogP contribution in [0.15, 0.2) is 42.5 Å². The molecule has 0 saturated carbocycles. The Labute approximate surface area is 204 Å². The van der Waals surface area contributed by atoms with Crippen molar-refractivity contribution in [1.29, 1.82) is 0 Å². The summed E-state index contributed by atoms with van der Waals surface area (Å²) in [7, 11) is -3.75. The molecule has 0 saturated heterocycles. The Morgan fingerprint density at radius 1 is 1.00 bits per heavy atom. The molecule has 7 nitrogen and oxygen atoms in total. The molecule has 0 spiro atoms. The molecule has 0 radical (unpaired) electrons. The molecule has 0 aliphatic carbocycles. The lowest BCUT2D eigenvalue weighted by Gasteiger charge is -2.32. The Bertz CT molecular complexity index is 1130. The number of anilines is 1. The first-order valence-corrected chi connectivity index (χ1v) is 13.3. The highest BCUT2D eigenvalue weighted by atomic mass is 32.2. The van der Waals surface area contributed by atoms with E-state index in [1.807, 2.05) is 65.0 Å². The normalized spacial score (nSPS) is 12.4. The van der Waals surface area contributed by atoms with Crippen LogP contribution in [0.2, 0.25) is 0 Å². The molecule has 2 aromatic rings. The quantitative estimate of drug-likeness (QED) is 0.555. The van der Waals surface area contributed by atoms with Gasteiger partial charge in [0, 0.05) is 13.1 Å². The van der Waals surface area contributed by atoms with Gasteiger partial charge in [-0.25, -0.2) is 8.42 Å². The lowest BCUT2D eigenvalue weighted by molar-refractivity contribution is -0.139. The lowest BCUT2D eigenvalue weighted by atomic mass is 10.1. The van der Waals surface area contributed by atoms with E-state index in [1.165, 1.54) is 4.90 Å². The van der Waals surface area contributed by atoms with E-state index in [2.05, 4.69) is 5.32 Å². The van der Waals surface area contributed by atoms with Crippen LogP contribution in [-0.2, 0) is 26.2 Å². The van der Waals surface area contributed by atoms with Crippen LogP contribution in [0, 0.1) is 26.7 Å². The fourth-order valence-corrected chi connectivity index (χ4v) is 4.54. The molecule has 1 unspecified atom stereocenters. The van der Waals surface area contributed by atoms with Crippen LogP contribution < -0.4 is 9.62 Å². The van der Waals surface area contributed by atoms with Gasteiger partial charge in [-0.15, -0.1) is 0 Å². The first-order chi connectivity index (χ1) is 15.8. The van der Waals surface area contributed by atoms with Crippen LogP contribution in [0.3, 0.4) is 0 Å². The van der Waals surface area contributed by atoms with E-state index in [0.717, 1.165) is 32.8 Å². The molecule has 2 aromatic carbocycles. The maximum Gasteiger partial charge on any atom is 0.244 e. The van der Waals surface area contributed by atoms with E-state index in [4.69, 9.17) is 0 Å². The predicted molar refractivity (Wildman–Crippen MR) is 137 cm³/mol. The van der Waals surface area contributed by atoms with Gasteiger partial charge in [0.05, 0.1) is 11.9 Å². The summed E-state index contributed by atoms with van der Waals surface area (Å²) in [6.45, 7) is 11.6. The van der Waals surface area contributed by atoms with Crippen molar-refractivity contribution in [2.24, 2.45) is 5.92 Å². The molecule has 1 atom stereocenters. The van der Waals surface area contributed by atoms with Gasteiger partial charge in [0.2, 0.25) is 21.8 Å². The second kappa shape index (κ2) is 11.5. The number of hydrogen-bond donors (Lipinski definition) is 1. The fraction of sp³-hybridized carbons (Fsp3) is 0.462. The van der Waals surface area contributed by atoms with E-state index in [1.54, 1.807) is 19.1 Å². The maximum absolute atomic E-state index is 13.6. The van der Waals surface area contributed by atoms with E-state index in [9.17, 15) is 18.0 Å². The Balaban J connectivity index is 2.41. The number of carbonyl (C=O) groups is 2. The van der Waals surface area contributed by atoms with Crippen molar-refractivity contribution < 1.29 is 18.0 Å². The number of hydrogen-bond acceptors (Lipinski definition) is 4. The van der Waals surface area contributed by atoms with Crippen molar-refractivity contribution in [1.82, 2.24) is 10.2 Å². The number of rotatable bonds is 10. The first-order valence-electron chi connectivity index (χ1n) is 11.5. The smallest absolute Gasteiger partial charge is 0.244 e. The molecular weight excluding hydrogens is 450 g/mol. The molecule has 8 heteroatoms. The minimum Gasteiger partial charge on any atom is -0.354 e. The van der Waals surface area contributed by atoms with Gasteiger partial charge in [0.25, 0.3) is 0 Å². The maximum atomic E-state index is 13.6. The van der Waals surface area contributed by atoms with E-state index in [0.29, 0.717) is 12.2 Å². The van der Waals surface area contributed by atoms with Gasteiger partial charge >= 0.3 is 0 Å². The molecule has 34 heavy (non-hydrogen) atoms. The van der Waals surface area contributed by atoms with Crippen LogP contribution in [0.4, 0.5) is 5.69 Å². The molecule has 2 rings (SSSR count). The van der Waals surface area contributed by atoms with Gasteiger partial charge in [-0.2, -0.15) is 0 Å². The van der Waals surface area contributed by atoms with E-state index < -0.39 is 28.5 Å². The van der Waals surface area contributed by atoms with Crippen molar-refractivity contribution in [3.8, 4) is 0 Å². The zero-order valence-electron chi connectivity index (χ0n) is 21.3. The van der Waals surface area contributed by atoms with Gasteiger partial charge in [0.15, 0.2) is 0 Å². The summed E-state index contributed by atoms with van der Waals surface area (Å²) in [4.78, 5) is 27.9. The molecule has 186 valence electrons. The third-order valence-electron chi connectivity index (χ3n) is 5.81. The minimum absolute atomic E-state index is 0.196. The fourth-order valence-electron chi connectivity index (χ4n) is 3.64. The lowest BCUT2D eigenvalue weighted by Crippen LogP contribution is -2.51. The van der Waals surface area contributed by atoms with Gasteiger partial charge in [-0.1, -0.05) is 55.8 Å². The van der Waals surface area contributed by atoms with Crippen molar-refractivity contribution >= 4 is 27.5 Å². The minimum atomic E-state index is -3.75. The zero-order chi connectivity index (χ0) is 25.6. The monoisotopic (exact) mass is 487 g/mol. The molecule has 1 N–H and O–H groups in total. The number of aryl methyl sites for hydroxylation is 2. The summed E-state index contributed by atoms with van der Waals surface area (Å²) in [5.74, 6) is -0.450. The Kier molecular flexibility index (Phi) is 9.27. The standard InChI is InChI=1S/C26H37N3O4S/c1-18(2)15-27-26(31)22(6)28(16-23-12-8-10-19(3)14-23)25(30)17-29(34(7,32)33)24-13-9-11-20(4)21(24)5/h8-14,18,22H,15-17H2,1-7H3,(H,27,31). The Hall–Kier alpha value is -2.87. The first kappa shape index (κ1) is 27.4. The molecule has 0 aromatic heterocycles. The summed E-state index contributed by atoms with van der Waals surface area (Å²) in [6.07, 6.45) is 1.09. The summed E-state index contributed by atoms with van der Waals surface area (Å²) < 4.78 is 26.6. The van der Waals surface area contributed by atoms with Crippen molar-refractivity contribution in [2.75, 3.05) is 23.7 Å². The molecule has 0 aliphatic heterocycles. The van der Waals surface area contributed by atoms with Gasteiger partial charge in [-0.05, 0) is 56.4 Å². The largest absolute Gasteiger partial charge is 0.354 e. The third kappa shape index (κ3) is 7.32. The number of nitrogens with one attached hydrogen (secondary N) is 1. The zero-order valence-corrected chi connectivity index (χ0v) is 22.1. The SMILES string of the molecule is Cc1cccc(CN(C(=O)CN(c2cccc(C)c2C)S(C)(=O)=O)C(C)C(=O)NCC(C)C)c1.